The van der Waals surface area contributed by atoms with E-state index in [0.717, 1.165) is 17.1 Å². The van der Waals surface area contributed by atoms with E-state index in [1.807, 2.05) is 6.92 Å². The molecule has 0 fully saturated rings. The van der Waals surface area contributed by atoms with Crippen molar-refractivity contribution in [2.24, 2.45) is 0 Å². The van der Waals surface area contributed by atoms with Crippen LogP contribution in [0.3, 0.4) is 0 Å². The van der Waals surface area contributed by atoms with Crippen molar-refractivity contribution >= 4 is 5.82 Å². The van der Waals surface area contributed by atoms with Gasteiger partial charge in [-0.3, -0.25) is 0 Å². The molecule has 17 heavy (non-hydrogen) atoms. The van der Waals surface area contributed by atoms with E-state index in [-0.39, 0.29) is 5.41 Å². The first-order valence-electron chi connectivity index (χ1n) is 5.81. The number of aromatic nitrogens is 2. The van der Waals surface area contributed by atoms with Crippen LogP contribution in [0.25, 0.3) is 11.3 Å². The van der Waals surface area contributed by atoms with Crippen LogP contribution in [0.1, 0.15) is 32.2 Å². The Hall–Kier alpha value is -1.77. The number of imidazole rings is 1. The SMILES string of the molecule is Cc1nc(N)c(-c2ccc(C(C)(C)C)cc2)[nH]1. The monoisotopic (exact) mass is 229 g/mol. The molecule has 0 aliphatic rings. The number of anilines is 1. The van der Waals surface area contributed by atoms with Crippen molar-refractivity contribution in [3.8, 4) is 11.3 Å². The van der Waals surface area contributed by atoms with E-state index in [4.69, 9.17) is 5.73 Å². The van der Waals surface area contributed by atoms with Gasteiger partial charge in [0.25, 0.3) is 0 Å². The summed E-state index contributed by atoms with van der Waals surface area (Å²) in [4.78, 5) is 7.36. The number of H-pyrrole nitrogens is 1. The normalized spacial score (nSPS) is 11.8. The number of nitrogen functional groups attached to an aromatic ring is 1. The summed E-state index contributed by atoms with van der Waals surface area (Å²) in [7, 11) is 0. The lowest BCUT2D eigenvalue weighted by molar-refractivity contribution is 0.590. The third kappa shape index (κ3) is 2.33. The molecule has 3 nitrogen and oxygen atoms in total. The van der Waals surface area contributed by atoms with E-state index in [1.54, 1.807) is 0 Å². The van der Waals surface area contributed by atoms with Crippen molar-refractivity contribution < 1.29 is 0 Å². The Morgan fingerprint density at radius 3 is 2.12 bits per heavy atom. The molecule has 0 radical (unpaired) electrons. The highest BCUT2D eigenvalue weighted by Gasteiger charge is 2.14. The molecule has 90 valence electrons. The van der Waals surface area contributed by atoms with Gasteiger partial charge in [0.1, 0.15) is 11.6 Å². The van der Waals surface area contributed by atoms with Crippen molar-refractivity contribution in [3.05, 3.63) is 35.7 Å². The van der Waals surface area contributed by atoms with Crippen molar-refractivity contribution in [2.75, 3.05) is 5.73 Å². The molecule has 0 atom stereocenters. The highest BCUT2D eigenvalue weighted by atomic mass is 15.0. The quantitative estimate of drug-likeness (QED) is 0.788. The molecule has 0 unspecified atom stereocenters. The summed E-state index contributed by atoms with van der Waals surface area (Å²) in [6.07, 6.45) is 0. The first-order chi connectivity index (χ1) is 7.88. The molecule has 0 aliphatic heterocycles. The number of nitrogens with one attached hydrogen (secondary N) is 1. The molecule has 0 spiro atoms. The lowest BCUT2D eigenvalue weighted by Gasteiger charge is -2.19. The smallest absolute Gasteiger partial charge is 0.149 e. The van der Waals surface area contributed by atoms with E-state index >= 15 is 0 Å². The summed E-state index contributed by atoms with van der Waals surface area (Å²) in [5, 5.41) is 0. The zero-order chi connectivity index (χ0) is 12.6. The van der Waals surface area contributed by atoms with Crippen LogP contribution in [0.2, 0.25) is 0 Å². The van der Waals surface area contributed by atoms with Crippen LogP contribution < -0.4 is 5.73 Å². The molecule has 0 aliphatic carbocycles. The van der Waals surface area contributed by atoms with Gasteiger partial charge in [-0.05, 0) is 17.9 Å². The Labute approximate surface area is 102 Å². The van der Waals surface area contributed by atoms with E-state index in [0.29, 0.717) is 5.82 Å². The molecular formula is C14H19N3. The molecule has 3 heteroatoms. The molecule has 0 saturated carbocycles. The van der Waals surface area contributed by atoms with E-state index < -0.39 is 0 Å². The third-order valence-corrected chi connectivity index (χ3v) is 2.89. The molecule has 0 amide bonds. The van der Waals surface area contributed by atoms with Crippen molar-refractivity contribution in [2.45, 2.75) is 33.1 Å². The van der Waals surface area contributed by atoms with Crippen LogP contribution in [0.15, 0.2) is 24.3 Å². The highest BCUT2D eigenvalue weighted by molar-refractivity contribution is 5.70. The summed E-state index contributed by atoms with van der Waals surface area (Å²) in [6.45, 7) is 8.52. The predicted molar refractivity (Wildman–Crippen MR) is 71.9 cm³/mol. The average molecular weight is 229 g/mol. The second kappa shape index (κ2) is 3.91. The number of aryl methyl sites for hydroxylation is 1. The molecule has 1 aromatic carbocycles. The van der Waals surface area contributed by atoms with Gasteiger partial charge in [-0.15, -0.1) is 0 Å². The third-order valence-electron chi connectivity index (χ3n) is 2.89. The van der Waals surface area contributed by atoms with Crippen LogP contribution in [-0.4, -0.2) is 9.97 Å². The number of nitrogens with zero attached hydrogens (tertiary/aromatic N) is 1. The molecule has 1 heterocycles. The van der Waals surface area contributed by atoms with Gasteiger partial charge in [-0.1, -0.05) is 45.0 Å². The van der Waals surface area contributed by atoms with E-state index in [2.05, 4.69) is 55.0 Å². The lowest BCUT2D eigenvalue weighted by Crippen LogP contribution is -2.10. The highest BCUT2D eigenvalue weighted by Crippen LogP contribution is 2.27. The minimum atomic E-state index is 0.175. The topological polar surface area (TPSA) is 54.7 Å². The van der Waals surface area contributed by atoms with Crippen LogP contribution in [0.5, 0.6) is 0 Å². The van der Waals surface area contributed by atoms with Crippen LogP contribution in [0.4, 0.5) is 5.82 Å². The Kier molecular flexibility index (Phi) is 2.69. The van der Waals surface area contributed by atoms with Crippen molar-refractivity contribution in [1.82, 2.24) is 9.97 Å². The predicted octanol–water partition coefficient (Wildman–Crippen LogP) is 3.26. The number of nitrogens with two attached hydrogens (primary N) is 1. The van der Waals surface area contributed by atoms with Crippen molar-refractivity contribution in [3.63, 3.8) is 0 Å². The Balaban J connectivity index is 2.39. The van der Waals surface area contributed by atoms with Crippen LogP contribution in [-0.2, 0) is 5.41 Å². The Bertz CT molecular complexity index is 515. The molecule has 1 aromatic heterocycles. The zero-order valence-electron chi connectivity index (χ0n) is 10.8. The minimum absolute atomic E-state index is 0.175. The van der Waals surface area contributed by atoms with Gasteiger partial charge in [-0.2, -0.15) is 0 Å². The summed E-state index contributed by atoms with van der Waals surface area (Å²) < 4.78 is 0. The zero-order valence-corrected chi connectivity index (χ0v) is 10.8. The first kappa shape index (κ1) is 11.7. The fourth-order valence-corrected chi connectivity index (χ4v) is 1.87. The number of hydrogen-bond donors (Lipinski definition) is 2. The van der Waals surface area contributed by atoms with Crippen LogP contribution >= 0.6 is 0 Å². The maximum Gasteiger partial charge on any atom is 0.149 e. The summed E-state index contributed by atoms with van der Waals surface area (Å²) >= 11 is 0. The largest absolute Gasteiger partial charge is 0.382 e. The fraction of sp³-hybridized carbons (Fsp3) is 0.357. The van der Waals surface area contributed by atoms with Gasteiger partial charge in [0, 0.05) is 5.56 Å². The minimum Gasteiger partial charge on any atom is -0.382 e. The maximum absolute atomic E-state index is 5.85. The Morgan fingerprint density at radius 2 is 1.71 bits per heavy atom. The van der Waals surface area contributed by atoms with Gasteiger partial charge >= 0.3 is 0 Å². The molecule has 0 bridgehead atoms. The van der Waals surface area contributed by atoms with E-state index in [9.17, 15) is 0 Å². The second-order valence-corrected chi connectivity index (χ2v) is 5.41. The summed E-state index contributed by atoms with van der Waals surface area (Å²) in [6, 6.07) is 8.46. The van der Waals surface area contributed by atoms with E-state index in [1.165, 1.54) is 5.56 Å². The summed E-state index contributed by atoms with van der Waals surface area (Å²) in [5.74, 6) is 1.41. The number of aromatic amines is 1. The fourth-order valence-electron chi connectivity index (χ4n) is 1.87. The first-order valence-corrected chi connectivity index (χ1v) is 5.81. The standard InChI is InChI=1S/C14H19N3/c1-9-16-12(13(15)17-9)10-5-7-11(8-6-10)14(2,3)4/h5-8H,15H2,1-4H3,(H,16,17). The number of hydrogen-bond acceptors (Lipinski definition) is 2. The van der Waals surface area contributed by atoms with Gasteiger partial charge < -0.3 is 10.7 Å². The Morgan fingerprint density at radius 1 is 1.12 bits per heavy atom. The molecular weight excluding hydrogens is 210 g/mol. The molecule has 2 rings (SSSR count). The lowest BCUT2D eigenvalue weighted by atomic mass is 9.86. The van der Waals surface area contributed by atoms with Gasteiger partial charge in [0.05, 0.1) is 5.69 Å². The molecule has 2 aromatic rings. The average Bonchev–Trinajstić information content (AvgIpc) is 2.57. The second-order valence-electron chi connectivity index (χ2n) is 5.41. The van der Waals surface area contributed by atoms with Gasteiger partial charge in [0.15, 0.2) is 0 Å². The maximum atomic E-state index is 5.85. The summed E-state index contributed by atoms with van der Waals surface area (Å²) in [5.41, 5.74) is 9.33. The molecule has 3 N–H and O–H groups in total. The van der Waals surface area contributed by atoms with Crippen molar-refractivity contribution in [1.29, 1.82) is 0 Å². The number of rotatable bonds is 1. The van der Waals surface area contributed by atoms with Gasteiger partial charge in [0.2, 0.25) is 0 Å². The van der Waals surface area contributed by atoms with Crippen LogP contribution in [0, 0.1) is 6.92 Å². The van der Waals surface area contributed by atoms with Gasteiger partial charge in [-0.25, -0.2) is 4.98 Å². The number of benzene rings is 1. The molecule has 0 saturated heterocycles.